The summed E-state index contributed by atoms with van der Waals surface area (Å²) in [6, 6.07) is 0. The zero-order valence-corrected chi connectivity index (χ0v) is 14.4. The van der Waals surface area contributed by atoms with E-state index in [-0.39, 0.29) is 5.60 Å². The van der Waals surface area contributed by atoms with Crippen molar-refractivity contribution in [2.75, 3.05) is 13.9 Å². The second-order valence-electron chi connectivity index (χ2n) is 8.10. The first kappa shape index (κ1) is 17.0. The number of ether oxygens (including phenoxy) is 2. The Morgan fingerprint density at radius 1 is 1.19 bits per heavy atom. The summed E-state index contributed by atoms with van der Waals surface area (Å²) in [6.07, 6.45) is 6.52. The lowest BCUT2D eigenvalue weighted by molar-refractivity contribution is -0.201. The lowest BCUT2D eigenvalue weighted by Gasteiger charge is -2.57. The molecule has 5 atom stereocenters. The van der Waals surface area contributed by atoms with E-state index in [1.807, 2.05) is 0 Å². The molecule has 0 aromatic heterocycles. The van der Waals surface area contributed by atoms with Crippen LogP contribution in [-0.2, 0) is 14.3 Å². The maximum Gasteiger partial charge on any atom is 0.147 e. The molecule has 3 nitrogen and oxygen atoms in total. The molecule has 0 aliphatic heterocycles. The highest BCUT2D eigenvalue weighted by Crippen LogP contribution is 2.58. The predicted molar refractivity (Wildman–Crippen MR) is 83.9 cm³/mol. The van der Waals surface area contributed by atoms with Gasteiger partial charge in [-0.2, -0.15) is 0 Å². The van der Waals surface area contributed by atoms with Gasteiger partial charge in [0.2, 0.25) is 0 Å². The highest BCUT2D eigenvalue weighted by Gasteiger charge is 2.54. The molecule has 1 unspecified atom stereocenters. The molecule has 0 amide bonds. The molecular formula is C18H32O3. The molecule has 2 aliphatic rings. The maximum absolute atomic E-state index is 11.3. The van der Waals surface area contributed by atoms with Gasteiger partial charge >= 0.3 is 0 Å². The van der Waals surface area contributed by atoms with E-state index in [0.717, 1.165) is 12.7 Å². The van der Waals surface area contributed by atoms with Crippen LogP contribution in [0.3, 0.4) is 0 Å². The third-order valence-electron chi connectivity index (χ3n) is 6.43. The number of hydrogen-bond donors (Lipinski definition) is 0. The van der Waals surface area contributed by atoms with Crippen LogP contribution in [0, 0.1) is 29.1 Å². The number of rotatable bonds is 5. The lowest BCUT2D eigenvalue weighted by Crippen LogP contribution is -2.55. The van der Waals surface area contributed by atoms with E-state index in [4.69, 9.17) is 9.47 Å². The fourth-order valence-corrected chi connectivity index (χ4v) is 5.07. The van der Waals surface area contributed by atoms with Crippen molar-refractivity contribution in [3.05, 3.63) is 0 Å². The SMILES string of the molecule is COCO[C@]1(C)CC[C@H]2[C@H](C(C)CCC2(C)C)[C@H]1CC=O. The summed E-state index contributed by atoms with van der Waals surface area (Å²) >= 11 is 0. The summed E-state index contributed by atoms with van der Waals surface area (Å²) < 4.78 is 11.2. The van der Waals surface area contributed by atoms with E-state index < -0.39 is 0 Å². The Hall–Kier alpha value is -0.410. The minimum absolute atomic E-state index is 0.222. The molecule has 21 heavy (non-hydrogen) atoms. The van der Waals surface area contributed by atoms with Crippen molar-refractivity contribution in [2.45, 2.75) is 65.4 Å². The normalized spacial score (nSPS) is 42.3. The minimum Gasteiger partial charge on any atom is -0.359 e. The molecule has 3 heteroatoms. The highest BCUT2D eigenvalue weighted by molar-refractivity contribution is 5.50. The van der Waals surface area contributed by atoms with Crippen LogP contribution in [0.2, 0.25) is 0 Å². The Kier molecular flexibility index (Phi) is 5.15. The number of fused-ring (bicyclic) bond motifs is 1. The van der Waals surface area contributed by atoms with Crippen LogP contribution in [0.5, 0.6) is 0 Å². The fourth-order valence-electron chi connectivity index (χ4n) is 5.07. The molecule has 0 N–H and O–H groups in total. The van der Waals surface area contributed by atoms with Crippen molar-refractivity contribution >= 4 is 6.29 Å². The molecule has 0 radical (unpaired) electrons. The minimum atomic E-state index is -0.222. The molecular weight excluding hydrogens is 264 g/mol. The van der Waals surface area contributed by atoms with Crippen LogP contribution in [0.25, 0.3) is 0 Å². The predicted octanol–water partition coefficient (Wildman–Crippen LogP) is 4.05. The third kappa shape index (κ3) is 3.19. The van der Waals surface area contributed by atoms with E-state index in [0.29, 0.717) is 42.3 Å². The van der Waals surface area contributed by atoms with Crippen molar-refractivity contribution in [1.82, 2.24) is 0 Å². The number of carbonyl (C=O) groups is 1. The Morgan fingerprint density at radius 3 is 2.52 bits per heavy atom. The summed E-state index contributed by atoms with van der Waals surface area (Å²) in [7, 11) is 1.66. The van der Waals surface area contributed by atoms with E-state index in [2.05, 4.69) is 27.7 Å². The van der Waals surface area contributed by atoms with Gasteiger partial charge in [-0.3, -0.25) is 0 Å². The first-order valence-electron chi connectivity index (χ1n) is 8.42. The average molecular weight is 296 g/mol. The van der Waals surface area contributed by atoms with Gasteiger partial charge in [0.05, 0.1) is 5.60 Å². The smallest absolute Gasteiger partial charge is 0.147 e. The van der Waals surface area contributed by atoms with Crippen molar-refractivity contribution in [3.63, 3.8) is 0 Å². The number of aldehydes is 1. The van der Waals surface area contributed by atoms with Gasteiger partial charge in [0, 0.05) is 13.5 Å². The van der Waals surface area contributed by atoms with E-state index in [9.17, 15) is 4.79 Å². The van der Waals surface area contributed by atoms with Crippen LogP contribution >= 0.6 is 0 Å². The zero-order chi connectivity index (χ0) is 15.7. The molecule has 0 saturated heterocycles. The molecule has 0 aromatic rings. The summed E-state index contributed by atoms with van der Waals surface area (Å²) in [6.45, 7) is 9.69. The van der Waals surface area contributed by atoms with Crippen molar-refractivity contribution in [3.8, 4) is 0 Å². The molecule has 0 heterocycles. The van der Waals surface area contributed by atoms with Gasteiger partial charge in [0.1, 0.15) is 13.1 Å². The number of methoxy groups -OCH3 is 1. The van der Waals surface area contributed by atoms with Crippen LogP contribution < -0.4 is 0 Å². The standard InChI is InChI=1S/C18H32O3/c1-13-6-9-17(2,3)14-7-10-18(4,21-12-20-5)15(8-11-19)16(13)14/h11,13-16H,6-10,12H2,1-5H3/t13?,14-,15+,16-,18+/m0/s1. The summed E-state index contributed by atoms with van der Waals surface area (Å²) in [5.41, 5.74) is 0.167. The fraction of sp³-hybridized carbons (Fsp3) is 0.944. The first-order chi connectivity index (χ1) is 9.85. The van der Waals surface area contributed by atoms with Crippen molar-refractivity contribution in [1.29, 1.82) is 0 Å². The topological polar surface area (TPSA) is 35.5 Å². The van der Waals surface area contributed by atoms with Crippen LogP contribution in [0.4, 0.5) is 0 Å². The highest BCUT2D eigenvalue weighted by atomic mass is 16.7. The largest absolute Gasteiger partial charge is 0.359 e. The second-order valence-corrected chi connectivity index (χ2v) is 8.10. The Labute approximate surface area is 129 Å². The van der Waals surface area contributed by atoms with E-state index in [1.165, 1.54) is 19.3 Å². The second kappa shape index (κ2) is 6.37. The zero-order valence-electron chi connectivity index (χ0n) is 14.4. The molecule has 0 aromatic carbocycles. The Balaban J connectivity index is 2.28. The van der Waals surface area contributed by atoms with Crippen molar-refractivity contribution < 1.29 is 14.3 Å². The van der Waals surface area contributed by atoms with Gasteiger partial charge in [0.15, 0.2) is 0 Å². The Bertz CT molecular complexity index is 365. The van der Waals surface area contributed by atoms with Gasteiger partial charge in [0.25, 0.3) is 0 Å². The Morgan fingerprint density at radius 2 is 1.90 bits per heavy atom. The molecule has 2 saturated carbocycles. The van der Waals surface area contributed by atoms with Gasteiger partial charge in [-0.25, -0.2) is 0 Å². The molecule has 0 spiro atoms. The first-order valence-corrected chi connectivity index (χ1v) is 8.42. The molecule has 122 valence electrons. The summed E-state index contributed by atoms with van der Waals surface area (Å²) in [5, 5.41) is 0. The molecule has 2 aliphatic carbocycles. The van der Waals surface area contributed by atoms with E-state index in [1.54, 1.807) is 7.11 Å². The van der Waals surface area contributed by atoms with Crippen LogP contribution in [-0.4, -0.2) is 25.8 Å². The van der Waals surface area contributed by atoms with E-state index >= 15 is 0 Å². The molecule has 2 rings (SSSR count). The molecule has 0 bridgehead atoms. The van der Waals surface area contributed by atoms with Crippen LogP contribution in [0.15, 0.2) is 0 Å². The average Bonchev–Trinajstić information content (AvgIpc) is 2.44. The van der Waals surface area contributed by atoms with Crippen LogP contribution in [0.1, 0.15) is 59.8 Å². The summed E-state index contributed by atoms with van der Waals surface area (Å²) in [5.74, 6) is 2.30. The lowest BCUT2D eigenvalue weighted by atomic mass is 9.49. The number of hydrogen-bond acceptors (Lipinski definition) is 3. The monoisotopic (exact) mass is 296 g/mol. The quantitative estimate of drug-likeness (QED) is 0.567. The summed E-state index contributed by atoms with van der Waals surface area (Å²) in [4.78, 5) is 11.3. The van der Waals surface area contributed by atoms with Gasteiger partial charge in [-0.15, -0.1) is 0 Å². The molecule has 2 fully saturated rings. The van der Waals surface area contributed by atoms with Gasteiger partial charge in [-0.1, -0.05) is 20.8 Å². The third-order valence-corrected chi connectivity index (χ3v) is 6.43. The van der Waals surface area contributed by atoms with Gasteiger partial charge < -0.3 is 14.3 Å². The van der Waals surface area contributed by atoms with Gasteiger partial charge in [-0.05, 0) is 61.7 Å². The maximum atomic E-state index is 11.3. The number of carbonyl (C=O) groups excluding carboxylic acids is 1. The van der Waals surface area contributed by atoms with Crippen molar-refractivity contribution in [2.24, 2.45) is 29.1 Å².